The number of ether oxygens (including phenoxy) is 1. The van der Waals surface area contributed by atoms with Crippen molar-refractivity contribution in [2.45, 2.75) is 19.8 Å². The lowest BCUT2D eigenvalue weighted by atomic mass is 10.2. The van der Waals surface area contributed by atoms with Crippen LogP contribution in [0.1, 0.15) is 19.8 Å². The molecule has 2 aromatic rings. The van der Waals surface area contributed by atoms with E-state index in [0.29, 0.717) is 17.9 Å². The van der Waals surface area contributed by atoms with Gasteiger partial charge in [0.1, 0.15) is 11.6 Å². The average molecular weight is 288 g/mol. The number of nitrogens with zero attached hydrogens (tertiary/aromatic N) is 2. The molecular formula is C14H16N4O3. The summed E-state index contributed by atoms with van der Waals surface area (Å²) < 4.78 is 5.68. The largest absolute Gasteiger partial charge is 0.493 e. The highest BCUT2D eigenvalue weighted by Gasteiger charge is 2.13. The lowest BCUT2D eigenvalue weighted by molar-refractivity contribution is 0.310. The van der Waals surface area contributed by atoms with E-state index in [9.17, 15) is 9.70 Å². The Morgan fingerprint density at radius 3 is 2.81 bits per heavy atom. The van der Waals surface area contributed by atoms with Gasteiger partial charge >= 0.3 is 0 Å². The minimum Gasteiger partial charge on any atom is -0.493 e. The summed E-state index contributed by atoms with van der Waals surface area (Å²) in [5, 5.41) is 2.58. The van der Waals surface area contributed by atoms with Crippen LogP contribution in [-0.2, 0) is 0 Å². The van der Waals surface area contributed by atoms with Gasteiger partial charge < -0.3 is 15.5 Å². The van der Waals surface area contributed by atoms with Crippen molar-refractivity contribution in [3.05, 3.63) is 39.5 Å². The molecule has 7 heteroatoms. The third-order valence-corrected chi connectivity index (χ3v) is 2.91. The Bertz CT molecular complexity index is 697. The number of aromatic amines is 1. The monoisotopic (exact) mass is 288 g/mol. The molecule has 110 valence electrons. The third kappa shape index (κ3) is 3.25. The lowest BCUT2D eigenvalue weighted by Crippen LogP contribution is -2.12. The molecule has 0 radical (unpaired) electrons. The van der Waals surface area contributed by atoms with Gasteiger partial charge in [-0.25, -0.2) is 4.98 Å². The summed E-state index contributed by atoms with van der Waals surface area (Å²) in [6.07, 6.45) is 1.94. The molecule has 3 N–H and O–H groups in total. The standard InChI is InChI=1S/C14H16N4O3/c1-2-3-8-21-10-7-5-4-6-9(10)13-16-12(15)11(18-20)14(19)17-13/h4-7H,2-3,8H2,1H3,(H3,15,16,17,19). The Morgan fingerprint density at radius 1 is 1.38 bits per heavy atom. The van der Waals surface area contributed by atoms with Crippen LogP contribution in [0.4, 0.5) is 11.5 Å². The minimum atomic E-state index is -0.670. The van der Waals surface area contributed by atoms with Crippen molar-refractivity contribution in [3.8, 4) is 17.1 Å². The van der Waals surface area contributed by atoms with Crippen molar-refractivity contribution in [2.75, 3.05) is 12.3 Å². The molecule has 0 saturated carbocycles. The van der Waals surface area contributed by atoms with E-state index in [-0.39, 0.29) is 11.6 Å². The van der Waals surface area contributed by atoms with Crippen molar-refractivity contribution < 1.29 is 4.74 Å². The summed E-state index contributed by atoms with van der Waals surface area (Å²) in [7, 11) is 0. The molecule has 0 saturated heterocycles. The molecule has 0 unspecified atom stereocenters. The minimum absolute atomic E-state index is 0.202. The van der Waals surface area contributed by atoms with Crippen LogP contribution >= 0.6 is 0 Å². The summed E-state index contributed by atoms with van der Waals surface area (Å²) in [5.41, 5.74) is 5.10. The van der Waals surface area contributed by atoms with E-state index in [2.05, 4.69) is 22.1 Å². The van der Waals surface area contributed by atoms with E-state index in [1.54, 1.807) is 18.2 Å². The molecule has 0 aliphatic carbocycles. The van der Waals surface area contributed by atoms with Crippen LogP contribution < -0.4 is 16.0 Å². The Morgan fingerprint density at radius 2 is 2.14 bits per heavy atom. The zero-order valence-electron chi connectivity index (χ0n) is 11.6. The highest BCUT2D eigenvalue weighted by Crippen LogP contribution is 2.28. The van der Waals surface area contributed by atoms with E-state index in [4.69, 9.17) is 10.5 Å². The fraction of sp³-hybridized carbons (Fsp3) is 0.286. The van der Waals surface area contributed by atoms with Gasteiger partial charge in [-0.1, -0.05) is 25.5 Å². The predicted octanol–water partition coefficient (Wildman–Crippen LogP) is 2.60. The molecule has 0 fully saturated rings. The van der Waals surface area contributed by atoms with Gasteiger partial charge in [0.2, 0.25) is 5.69 Å². The number of rotatable bonds is 6. The molecule has 0 spiro atoms. The number of H-pyrrole nitrogens is 1. The fourth-order valence-electron chi connectivity index (χ4n) is 1.81. The maximum atomic E-state index is 11.7. The molecule has 0 aliphatic rings. The lowest BCUT2D eigenvalue weighted by Gasteiger charge is -2.11. The van der Waals surface area contributed by atoms with E-state index < -0.39 is 11.2 Å². The number of nitrogen functional groups attached to an aromatic ring is 1. The Balaban J connectivity index is 2.42. The number of benzene rings is 1. The predicted molar refractivity (Wildman–Crippen MR) is 80.6 cm³/mol. The topological polar surface area (TPSA) is 110 Å². The zero-order valence-corrected chi connectivity index (χ0v) is 11.6. The van der Waals surface area contributed by atoms with Crippen molar-refractivity contribution in [1.82, 2.24) is 9.97 Å². The summed E-state index contributed by atoms with van der Waals surface area (Å²) in [6.45, 7) is 2.64. The van der Waals surface area contributed by atoms with Crippen LogP contribution in [0.5, 0.6) is 5.75 Å². The van der Waals surface area contributed by atoms with Gasteiger partial charge in [0.05, 0.1) is 12.2 Å². The number of nitrogens with two attached hydrogens (primary N) is 1. The number of nitrogens with one attached hydrogen (secondary N) is 1. The van der Waals surface area contributed by atoms with Crippen LogP contribution in [0.2, 0.25) is 0 Å². The Labute approximate surface area is 121 Å². The van der Waals surface area contributed by atoms with E-state index >= 15 is 0 Å². The van der Waals surface area contributed by atoms with Gasteiger partial charge in [0.15, 0.2) is 5.82 Å². The molecule has 0 bridgehead atoms. The summed E-state index contributed by atoms with van der Waals surface area (Å²) in [5.74, 6) is 0.643. The van der Waals surface area contributed by atoms with Crippen LogP contribution in [0, 0.1) is 4.91 Å². The molecule has 0 amide bonds. The molecule has 0 atom stereocenters. The van der Waals surface area contributed by atoms with Crippen molar-refractivity contribution >= 4 is 11.5 Å². The van der Waals surface area contributed by atoms with Crippen LogP contribution in [0.25, 0.3) is 11.4 Å². The van der Waals surface area contributed by atoms with Gasteiger partial charge in [0.25, 0.3) is 5.56 Å². The van der Waals surface area contributed by atoms with Crippen LogP contribution in [0.3, 0.4) is 0 Å². The number of hydrogen-bond donors (Lipinski definition) is 2. The smallest absolute Gasteiger partial charge is 0.282 e. The van der Waals surface area contributed by atoms with E-state index in [1.165, 1.54) is 0 Å². The van der Waals surface area contributed by atoms with Crippen molar-refractivity contribution in [3.63, 3.8) is 0 Å². The number of para-hydroxylation sites is 1. The molecule has 1 aromatic heterocycles. The summed E-state index contributed by atoms with van der Waals surface area (Å²) >= 11 is 0. The first kappa shape index (κ1) is 14.7. The average Bonchev–Trinajstić information content (AvgIpc) is 2.47. The third-order valence-electron chi connectivity index (χ3n) is 2.91. The highest BCUT2D eigenvalue weighted by molar-refractivity contribution is 5.67. The Hall–Kier alpha value is -2.70. The number of unbranched alkanes of at least 4 members (excludes halogenated alkanes) is 1. The fourth-order valence-corrected chi connectivity index (χ4v) is 1.81. The van der Waals surface area contributed by atoms with Gasteiger partial charge in [-0.3, -0.25) is 4.79 Å². The SMILES string of the molecule is CCCCOc1ccccc1-c1nc(N)c(N=O)c(=O)[nH]1. The van der Waals surface area contributed by atoms with Gasteiger partial charge in [-0.2, -0.15) is 0 Å². The molecule has 1 aromatic carbocycles. The summed E-state index contributed by atoms with van der Waals surface area (Å²) in [6, 6.07) is 7.16. The number of anilines is 1. The second-order valence-electron chi connectivity index (χ2n) is 4.44. The van der Waals surface area contributed by atoms with Gasteiger partial charge in [-0.05, 0) is 23.7 Å². The van der Waals surface area contributed by atoms with E-state index in [1.807, 2.05) is 6.07 Å². The zero-order chi connectivity index (χ0) is 15.2. The molecule has 0 aliphatic heterocycles. The van der Waals surface area contributed by atoms with E-state index in [0.717, 1.165) is 12.8 Å². The normalized spacial score (nSPS) is 10.3. The Kier molecular flexibility index (Phi) is 4.65. The van der Waals surface area contributed by atoms with Crippen molar-refractivity contribution in [2.24, 2.45) is 5.18 Å². The van der Waals surface area contributed by atoms with Crippen molar-refractivity contribution in [1.29, 1.82) is 0 Å². The number of hydrogen-bond acceptors (Lipinski definition) is 6. The maximum Gasteiger partial charge on any atom is 0.282 e. The van der Waals surface area contributed by atoms with Crippen LogP contribution in [-0.4, -0.2) is 16.6 Å². The van der Waals surface area contributed by atoms with Crippen LogP contribution in [0.15, 0.2) is 34.2 Å². The molecule has 21 heavy (non-hydrogen) atoms. The molecular weight excluding hydrogens is 272 g/mol. The highest BCUT2D eigenvalue weighted by atomic mass is 16.5. The summed E-state index contributed by atoms with van der Waals surface area (Å²) in [4.78, 5) is 28.8. The first-order chi connectivity index (χ1) is 10.2. The first-order valence-electron chi connectivity index (χ1n) is 6.62. The maximum absolute atomic E-state index is 11.7. The van der Waals surface area contributed by atoms with Gasteiger partial charge in [0, 0.05) is 0 Å². The number of nitroso groups, excluding NO2 is 1. The molecule has 2 rings (SSSR count). The first-order valence-corrected chi connectivity index (χ1v) is 6.62. The molecule has 1 heterocycles. The quantitative estimate of drug-likeness (QED) is 0.627. The second-order valence-corrected chi connectivity index (χ2v) is 4.44. The molecule has 7 nitrogen and oxygen atoms in total. The number of aromatic nitrogens is 2. The van der Waals surface area contributed by atoms with Gasteiger partial charge in [-0.15, -0.1) is 4.91 Å². The second kappa shape index (κ2) is 6.65.